The Morgan fingerprint density at radius 3 is 2.42 bits per heavy atom. The zero-order valence-corrected chi connectivity index (χ0v) is 15.9. The SMILES string of the molecule is CC1=C(/C=C/C(=O)NCCNC(=O)OC(C)(C)C)C(C)(C)CCC1. The van der Waals surface area contributed by atoms with Crippen LogP contribution in [0.25, 0.3) is 0 Å². The number of alkyl carbamates (subject to hydrolysis) is 1. The highest BCUT2D eigenvalue weighted by Crippen LogP contribution is 2.40. The number of rotatable bonds is 5. The first kappa shape index (κ1) is 20.3. The molecule has 0 bridgehead atoms. The molecule has 24 heavy (non-hydrogen) atoms. The van der Waals surface area contributed by atoms with Crippen LogP contribution in [0.2, 0.25) is 0 Å². The third kappa shape index (κ3) is 7.20. The van der Waals surface area contributed by atoms with Crippen LogP contribution >= 0.6 is 0 Å². The van der Waals surface area contributed by atoms with Crippen molar-refractivity contribution >= 4 is 12.0 Å². The minimum absolute atomic E-state index is 0.122. The van der Waals surface area contributed by atoms with E-state index in [1.54, 1.807) is 6.08 Å². The molecule has 0 radical (unpaired) electrons. The molecule has 0 spiro atoms. The van der Waals surface area contributed by atoms with E-state index in [0.717, 1.165) is 12.8 Å². The fourth-order valence-electron chi connectivity index (χ4n) is 2.89. The number of ether oxygens (including phenoxy) is 1. The lowest BCUT2D eigenvalue weighted by Gasteiger charge is -2.32. The lowest BCUT2D eigenvalue weighted by atomic mass is 9.72. The Morgan fingerprint density at radius 2 is 1.83 bits per heavy atom. The molecular weight excluding hydrogens is 304 g/mol. The van der Waals surface area contributed by atoms with Gasteiger partial charge in [-0.2, -0.15) is 0 Å². The molecule has 5 nitrogen and oxygen atoms in total. The van der Waals surface area contributed by atoms with Gasteiger partial charge in [0.2, 0.25) is 5.91 Å². The number of amides is 2. The van der Waals surface area contributed by atoms with E-state index >= 15 is 0 Å². The zero-order valence-electron chi connectivity index (χ0n) is 15.9. The predicted octanol–water partition coefficient (Wildman–Crippen LogP) is 3.71. The van der Waals surface area contributed by atoms with Crippen LogP contribution in [0.15, 0.2) is 23.3 Å². The van der Waals surface area contributed by atoms with Gasteiger partial charge in [-0.25, -0.2) is 4.79 Å². The van der Waals surface area contributed by atoms with Gasteiger partial charge in [0, 0.05) is 19.2 Å². The topological polar surface area (TPSA) is 67.4 Å². The van der Waals surface area contributed by atoms with Gasteiger partial charge in [0.15, 0.2) is 0 Å². The summed E-state index contributed by atoms with van der Waals surface area (Å²) in [5.41, 5.74) is 2.23. The van der Waals surface area contributed by atoms with Crippen molar-refractivity contribution in [2.75, 3.05) is 13.1 Å². The minimum atomic E-state index is -0.519. The number of allylic oxidation sites excluding steroid dienone is 3. The second kappa shape index (κ2) is 8.36. The Labute approximate surface area is 145 Å². The molecule has 0 unspecified atom stereocenters. The number of carbonyl (C=O) groups excluding carboxylic acids is 2. The van der Waals surface area contributed by atoms with Crippen LogP contribution in [0.4, 0.5) is 4.79 Å². The Balaban J connectivity index is 2.38. The lowest BCUT2D eigenvalue weighted by Crippen LogP contribution is -2.37. The van der Waals surface area contributed by atoms with Crippen LogP contribution in [0.1, 0.15) is 60.8 Å². The maximum atomic E-state index is 11.9. The quantitative estimate of drug-likeness (QED) is 0.594. The van der Waals surface area contributed by atoms with Crippen molar-refractivity contribution in [2.45, 2.75) is 66.4 Å². The van der Waals surface area contributed by atoms with Gasteiger partial charge in [-0.05, 0) is 57.9 Å². The Morgan fingerprint density at radius 1 is 1.21 bits per heavy atom. The molecule has 0 atom stereocenters. The molecule has 1 aliphatic rings. The van der Waals surface area contributed by atoms with E-state index in [-0.39, 0.29) is 11.3 Å². The normalized spacial score (nSPS) is 17.8. The predicted molar refractivity (Wildman–Crippen MR) is 96.7 cm³/mol. The molecule has 0 aromatic carbocycles. The lowest BCUT2D eigenvalue weighted by molar-refractivity contribution is -0.116. The standard InChI is InChI=1S/C19H32N2O3/c1-14-8-7-11-19(5,6)15(14)9-10-16(22)20-12-13-21-17(23)24-18(2,3)4/h9-10H,7-8,11-13H2,1-6H3,(H,20,22)(H,21,23)/b10-9+. The minimum Gasteiger partial charge on any atom is -0.444 e. The average Bonchev–Trinajstić information content (AvgIpc) is 2.40. The molecular formula is C19H32N2O3. The van der Waals surface area contributed by atoms with Crippen molar-refractivity contribution < 1.29 is 14.3 Å². The first-order chi connectivity index (χ1) is 11.0. The molecule has 1 rings (SSSR count). The van der Waals surface area contributed by atoms with E-state index in [1.165, 1.54) is 17.6 Å². The summed E-state index contributed by atoms with van der Waals surface area (Å²) < 4.78 is 5.12. The van der Waals surface area contributed by atoms with Gasteiger partial charge >= 0.3 is 6.09 Å². The Bertz CT molecular complexity index is 525. The smallest absolute Gasteiger partial charge is 0.407 e. The molecule has 0 aliphatic heterocycles. The third-order valence-electron chi connectivity index (χ3n) is 4.04. The summed E-state index contributed by atoms with van der Waals surface area (Å²) in [6.45, 7) is 12.7. The average molecular weight is 336 g/mol. The summed E-state index contributed by atoms with van der Waals surface area (Å²) in [5, 5.41) is 5.37. The fourth-order valence-corrected chi connectivity index (χ4v) is 2.89. The molecule has 1 aliphatic carbocycles. The van der Waals surface area contributed by atoms with E-state index in [9.17, 15) is 9.59 Å². The van der Waals surface area contributed by atoms with Gasteiger partial charge in [-0.1, -0.05) is 25.5 Å². The monoisotopic (exact) mass is 336 g/mol. The van der Waals surface area contributed by atoms with Crippen molar-refractivity contribution in [1.82, 2.24) is 10.6 Å². The molecule has 0 aromatic heterocycles. The second-order valence-corrected chi connectivity index (χ2v) is 7.98. The zero-order chi connectivity index (χ0) is 18.4. The molecule has 5 heteroatoms. The molecule has 0 fully saturated rings. The Kier molecular flexibility index (Phi) is 7.06. The highest BCUT2D eigenvalue weighted by Gasteiger charge is 2.26. The van der Waals surface area contributed by atoms with Crippen LogP contribution in [0.3, 0.4) is 0 Å². The molecule has 0 saturated heterocycles. The van der Waals surface area contributed by atoms with Crippen LogP contribution in [0, 0.1) is 5.41 Å². The first-order valence-corrected chi connectivity index (χ1v) is 8.64. The van der Waals surface area contributed by atoms with Gasteiger partial charge in [0.25, 0.3) is 0 Å². The van der Waals surface area contributed by atoms with E-state index in [0.29, 0.717) is 13.1 Å². The number of hydrogen-bond donors (Lipinski definition) is 2. The van der Waals surface area contributed by atoms with Crippen LogP contribution in [-0.4, -0.2) is 30.7 Å². The third-order valence-corrected chi connectivity index (χ3v) is 4.04. The largest absolute Gasteiger partial charge is 0.444 e. The number of hydrogen-bond acceptors (Lipinski definition) is 3. The van der Waals surface area contributed by atoms with Crippen molar-refractivity contribution in [3.8, 4) is 0 Å². The highest BCUT2D eigenvalue weighted by molar-refractivity contribution is 5.88. The van der Waals surface area contributed by atoms with Gasteiger partial charge in [-0.15, -0.1) is 0 Å². The molecule has 2 N–H and O–H groups in total. The summed E-state index contributed by atoms with van der Waals surface area (Å²) in [5.74, 6) is -0.150. The second-order valence-electron chi connectivity index (χ2n) is 7.98. The Hall–Kier alpha value is -1.78. The van der Waals surface area contributed by atoms with Gasteiger partial charge in [0.1, 0.15) is 5.60 Å². The molecule has 0 saturated carbocycles. The van der Waals surface area contributed by atoms with Crippen LogP contribution in [0.5, 0.6) is 0 Å². The van der Waals surface area contributed by atoms with Crippen molar-refractivity contribution in [1.29, 1.82) is 0 Å². The first-order valence-electron chi connectivity index (χ1n) is 8.64. The van der Waals surface area contributed by atoms with Gasteiger partial charge < -0.3 is 15.4 Å². The van der Waals surface area contributed by atoms with Gasteiger partial charge in [0.05, 0.1) is 0 Å². The molecule has 2 amide bonds. The maximum absolute atomic E-state index is 11.9. The van der Waals surface area contributed by atoms with Crippen LogP contribution < -0.4 is 10.6 Å². The van der Waals surface area contributed by atoms with Crippen LogP contribution in [-0.2, 0) is 9.53 Å². The molecule has 0 heterocycles. The van der Waals surface area contributed by atoms with E-state index in [2.05, 4.69) is 31.4 Å². The summed E-state index contributed by atoms with van der Waals surface area (Å²) in [6.07, 6.45) is 6.50. The van der Waals surface area contributed by atoms with E-state index in [4.69, 9.17) is 4.74 Å². The highest BCUT2D eigenvalue weighted by atomic mass is 16.6. The van der Waals surface area contributed by atoms with E-state index < -0.39 is 11.7 Å². The van der Waals surface area contributed by atoms with Crippen molar-refractivity contribution in [3.05, 3.63) is 23.3 Å². The fraction of sp³-hybridized carbons (Fsp3) is 0.684. The van der Waals surface area contributed by atoms with Gasteiger partial charge in [-0.3, -0.25) is 4.79 Å². The van der Waals surface area contributed by atoms with Crippen molar-refractivity contribution in [3.63, 3.8) is 0 Å². The van der Waals surface area contributed by atoms with Crippen molar-refractivity contribution in [2.24, 2.45) is 5.41 Å². The summed E-state index contributed by atoms with van der Waals surface area (Å²) >= 11 is 0. The molecule has 0 aromatic rings. The summed E-state index contributed by atoms with van der Waals surface area (Å²) in [6, 6.07) is 0. The number of carbonyl (C=O) groups is 2. The van der Waals surface area contributed by atoms with E-state index in [1.807, 2.05) is 26.8 Å². The number of nitrogens with one attached hydrogen (secondary N) is 2. The summed E-state index contributed by atoms with van der Waals surface area (Å²) in [7, 11) is 0. The summed E-state index contributed by atoms with van der Waals surface area (Å²) in [4.78, 5) is 23.4. The maximum Gasteiger partial charge on any atom is 0.407 e. The molecule has 136 valence electrons.